The van der Waals surface area contributed by atoms with E-state index in [0.717, 1.165) is 5.56 Å². The lowest BCUT2D eigenvalue weighted by Crippen LogP contribution is -2.31. The number of hydrogen-bond donors (Lipinski definition) is 1. The Hall–Kier alpha value is -1.16. The second-order valence-corrected chi connectivity index (χ2v) is 5.02. The monoisotopic (exact) mass is 248 g/mol. The molecule has 1 aromatic carbocycles. The van der Waals surface area contributed by atoms with Gasteiger partial charge in [0.25, 0.3) is 0 Å². The van der Waals surface area contributed by atoms with Crippen LogP contribution in [0, 0.1) is 0 Å². The molecule has 0 spiro atoms. The van der Waals surface area contributed by atoms with Gasteiger partial charge in [0.05, 0.1) is 6.10 Å². The Kier molecular flexibility index (Phi) is 3.85. The van der Waals surface area contributed by atoms with E-state index >= 15 is 0 Å². The number of rotatable bonds is 4. The Labute approximate surface area is 108 Å². The maximum absolute atomic E-state index is 10.1. The molecule has 0 saturated carbocycles. The zero-order valence-electron chi connectivity index (χ0n) is 10.9. The summed E-state index contributed by atoms with van der Waals surface area (Å²) in [5, 5.41) is 10.1. The van der Waals surface area contributed by atoms with Crippen LogP contribution in [0.5, 0.6) is 0 Å². The summed E-state index contributed by atoms with van der Waals surface area (Å²) in [4.78, 5) is 0. The van der Waals surface area contributed by atoms with E-state index in [1.54, 1.807) is 6.08 Å². The van der Waals surface area contributed by atoms with E-state index in [1.807, 2.05) is 44.2 Å². The first-order valence-electron chi connectivity index (χ1n) is 6.23. The van der Waals surface area contributed by atoms with E-state index in [2.05, 4.69) is 6.58 Å². The van der Waals surface area contributed by atoms with Gasteiger partial charge in [-0.15, -0.1) is 6.58 Å². The Balaban J connectivity index is 2.23. The van der Waals surface area contributed by atoms with Crippen molar-refractivity contribution in [3.8, 4) is 0 Å². The second-order valence-electron chi connectivity index (χ2n) is 5.02. The SMILES string of the molecule is C=CC[C@H](O)[C@@H]1OC(C)(C)O[C@@H]1c1ccccc1. The second kappa shape index (κ2) is 5.22. The molecular formula is C15H20O3. The van der Waals surface area contributed by atoms with Crippen LogP contribution in [0.1, 0.15) is 31.9 Å². The van der Waals surface area contributed by atoms with Gasteiger partial charge in [-0.25, -0.2) is 0 Å². The van der Waals surface area contributed by atoms with Crippen LogP contribution >= 0.6 is 0 Å². The lowest BCUT2D eigenvalue weighted by Gasteiger charge is -2.21. The Morgan fingerprint density at radius 2 is 2.00 bits per heavy atom. The van der Waals surface area contributed by atoms with Crippen LogP contribution in [0.2, 0.25) is 0 Å². The molecule has 98 valence electrons. The minimum atomic E-state index is -0.673. The zero-order valence-corrected chi connectivity index (χ0v) is 10.9. The van der Waals surface area contributed by atoms with E-state index in [1.165, 1.54) is 0 Å². The summed E-state index contributed by atoms with van der Waals surface area (Å²) in [5.74, 6) is -0.673. The molecule has 1 fully saturated rings. The fourth-order valence-corrected chi connectivity index (χ4v) is 2.28. The molecule has 3 atom stereocenters. The summed E-state index contributed by atoms with van der Waals surface area (Å²) in [5.41, 5.74) is 1.02. The molecular weight excluding hydrogens is 228 g/mol. The molecule has 0 aliphatic carbocycles. The van der Waals surface area contributed by atoms with Crippen molar-refractivity contribution in [3.05, 3.63) is 48.6 Å². The van der Waals surface area contributed by atoms with Gasteiger partial charge in [0.15, 0.2) is 5.79 Å². The molecule has 0 unspecified atom stereocenters. The summed E-state index contributed by atoms with van der Waals surface area (Å²) in [6.45, 7) is 7.38. The van der Waals surface area contributed by atoms with Crippen LogP contribution in [-0.2, 0) is 9.47 Å². The van der Waals surface area contributed by atoms with Crippen LogP contribution < -0.4 is 0 Å². The number of ether oxygens (including phenoxy) is 2. The van der Waals surface area contributed by atoms with E-state index in [-0.39, 0.29) is 12.2 Å². The molecule has 0 bridgehead atoms. The van der Waals surface area contributed by atoms with Gasteiger partial charge in [-0.1, -0.05) is 36.4 Å². The molecule has 0 radical (unpaired) electrons. The smallest absolute Gasteiger partial charge is 0.164 e. The van der Waals surface area contributed by atoms with Gasteiger partial charge in [-0.3, -0.25) is 0 Å². The average molecular weight is 248 g/mol. The molecule has 18 heavy (non-hydrogen) atoms. The summed E-state index contributed by atoms with van der Waals surface area (Å²) < 4.78 is 11.7. The number of aliphatic hydroxyl groups is 1. The molecule has 1 N–H and O–H groups in total. The van der Waals surface area contributed by atoms with Crippen molar-refractivity contribution < 1.29 is 14.6 Å². The highest BCUT2D eigenvalue weighted by Crippen LogP contribution is 2.40. The quantitative estimate of drug-likeness (QED) is 0.833. The molecule has 0 aromatic heterocycles. The zero-order chi connectivity index (χ0) is 13.2. The molecule has 3 heteroatoms. The van der Waals surface area contributed by atoms with Gasteiger partial charge < -0.3 is 14.6 Å². The normalized spacial score (nSPS) is 27.9. The summed E-state index contributed by atoms with van der Waals surface area (Å²) in [6.07, 6.45) is 0.987. The highest BCUT2D eigenvalue weighted by atomic mass is 16.8. The Morgan fingerprint density at radius 3 is 2.61 bits per heavy atom. The third-order valence-electron chi connectivity index (χ3n) is 3.04. The van der Waals surface area contributed by atoms with Crippen molar-refractivity contribution in [1.82, 2.24) is 0 Å². The molecule has 1 aliphatic heterocycles. The van der Waals surface area contributed by atoms with Crippen LogP contribution in [0.3, 0.4) is 0 Å². The fraction of sp³-hybridized carbons (Fsp3) is 0.467. The van der Waals surface area contributed by atoms with Crippen molar-refractivity contribution in [2.45, 2.75) is 44.4 Å². The average Bonchev–Trinajstić information content (AvgIpc) is 2.67. The van der Waals surface area contributed by atoms with E-state index in [0.29, 0.717) is 6.42 Å². The third kappa shape index (κ3) is 2.80. The summed E-state index contributed by atoms with van der Waals surface area (Å²) in [6, 6.07) is 9.85. The summed E-state index contributed by atoms with van der Waals surface area (Å²) >= 11 is 0. The van der Waals surface area contributed by atoms with Gasteiger partial charge in [0.2, 0.25) is 0 Å². The predicted octanol–water partition coefficient (Wildman–Crippen LogP) is 2.82. The van der Waals surface area contributed by atoms with Crippen LogP contribution in [0.4, 0.5) is 0 Å². The lowest BCUT2D eigenvalue weighted by molar-refractivity contribution is -0.155. The van der Waals surface area contributed by atoms with Crippen molar-refractivity contribution in [1.29, 1.82) is 0 Å². The molecule has 1 aromatic rings. The summed E-state index contributed by atoms with van der Waals surface area (Å²) in [7, 11) is 0. The lowest BCUT2D eigenvalue weighted by atomic mass is 9.99. The standard InChI is InChI=1S/C15H20O3/c1-4-8-12(16)14-13(17-15(2,3)18-14)11-9-6-5-7-10-11/h4-7,9-10,12-14,16H,1,8H2,2-3H3/t12-,13+,14-/m0/s1. The maximum atomic E-state index is 10.1. The minimum absolute atomic E-state index is 0.240. The van der Waals surface area contributed by atoms with Crippen molar-refractivity contribution in [2.75, 3.05) is 0 Å². The molecule has 1 saturated heterocycles. The third-order valence-corrected chi connectivity index (χ3v) is 3.04. The van der Waals surface area contributed by atoms with E-state index in [4.69, 9.17) is 9.47 Å². The van der Waals surface area contributed by atoms with Crippen LogP contribution in [0.25, 0.3) is 0 Å². The topological polar surface area (TPSA) is 38.7 Å². The van der Waals surface area contributed by atoms with Crippen molar-refractivity contribution >= 4 is 0 Å². The first-order chi connectivity index (χ1) is 8.53. The number of aliphatic hydroxyl groups excluding tert-OH is 1. The maximum Gasteiger partial charge on any atom is 0.164 e. The Bertz CT molecular complexity index is 399. The van der Waals surface area contributed by atoms with Crippen molar-refractivity contribution in [2.24, 2.45) is 0 Å². The molecule has 3 nitrogen and oxygen atoms in total. The Morgan fingerprint density at radius 1 is 1.33 bits per heavy atom. The molecule has 1 aliphatic rings. The molecule has 2 rings (SSSR count). The van der Waals surface area contributed by atoms with Crippen LogP contribution in [0.15, 0.2) is 43.0 Å². The van der Waals surface area contributed by atoms with E-state index in [9.17, 15) is 5.11 Å². The molecule has 0 amide bonds. The first-order valence-corrected chi connectivity index (χ1v) is 6.23. The van der Waals surface area contributed by atoms with E-state index < -0.39 is 11.9 Å². The van der Waals surface area contributed by atoms with Crippen molar-refractivity contribution in [3.63, 3.8) is 0 Å². The first kappa shape index (κ1) is 13.3. The van der Waals surface area contributed by atoms with Gasteiger partial charge >= 0.3 is 0 Å². The highest BCUT2D eigenvalue weighted by Gasteiger charge is 2.44. The minimum Gasteiger partial charge on any atom is -0.390 e. The number of benzene rings is 1. The fourth-order valence-electron chi connectivity index (χ4n) is 2.28. The van der Waals surface area contributed by atoms with Gasteiger partial charge in [0, 0.05) is 0 Å². The highest BCUT2D eigenvalue weighted by molar-refractivity contribution is 5.20. The molecule has 1 heterocycles. The van der Waals surface area contributed by atoms with Gasteiger partial charge in [-0.2, -0.15) is 0 Å². The number of hydrogen-bond acceptors (Lipinski definition) is 3. The predicted molar refractivity (Wildman–Crippen MR) is 70.0 cm³/mol. The van der Waals surface area contributed by atoms with Gasteiger partial charge in [0.1, 0.15) is 12.2 Å². The van der Waals surface area contributed by atoms with Crippen LogP contribution in [-0.4, -0.2) is 23.1 Å². The largest absolute Gasteiger partial charge is 0.390 e. The van der Waals surface area contributed by atoms with Gasteiger partial charge in [-0.05, 0) is 25.8 Å².